The van der Waals surface area contributed by atoms with Gasteiger partial charge in [0.15, 0.2) is 12.0 Å². The lowest BCUT2D eigenvalue weighted by Crippen LogP contribution is -2.15. The van der Waals surface area contributed by atoms with Crippen molar-refractivity contribution in [3.63, 3.8) is 0 Å². The van der Waals surface area contributed by atoms with Gasteiger partial charge in [-0.25, -0.2) is 4.98 Å². The van der Waals surface area contributed by atoms with Crippen LogP contribution in [-0.4, -0.2) is 16.3 Å². The summed E-state index contributed by atoms with van der Waals surface area (Å²) in [6, 6.07) is 11.9. The fraction of sp³-hybridized carbons (Fsp3) is 0.115. The molecule has 0 spiro atoms. The number of nitriles is 1. The van der Waals surface area contributed by atoms with Crippen LogP contribution in [0.4, 0.5) is 5.69 Å². The van der Waals surface area contributed by atoms with E-state index in [1.165, 1.54) is 0 Å². The molecule has 0 saturated carbocycles. The SMILES string of the molecule is Cc1cc(C(C)Nc2ccc(Cl)nc2C#N)c2oc(-c3cccnc3)c(/C(C=O)=C/N)c(=O)c2c1. The number of hydrogen-bond donors (Lipinski definition) is 2. The normalized spacial score (nSPS) is 12.2. The number of hydrogen-bond acceptors (Lipinski definition) is 8. The number of pyridine rings is 2. The molecule has 174 valence electrons. The lowest BCUT2D eigenvalue weighted by molar-refractivity contribution is -0.103. The van der Waals surface area contributed by atoms with Gasteiger partial charge in [-0.2, -0.15) is 5.26 Å². The molecule has 4 rings (SSSR count). The fourth-order valence-corrected chi connectivity index (χ4v) is 4.04. The highest BCUT2D eigenvalue weighted by Crippen LogP contribution is 2.34. The molecule has 3 N–H and O–H groups in total. The first-order valence-electron chi connectivity index (χ1n) is 10.6. The number of rotatable bonds is 6. The number of aromatic nitrogens is 2. The summed E-state index contributed by atoms with van der Waals surface area (Å²) in [5.41, 5.74) is 8.33. The second-order valence-corrected chi connectivity index (χ2v) is 8.24. The number of fused-ring (bicyclic) bond motifs is 1. The number of allylic oxidation sites excluding steroid dienone is 1. The Morgan fingerprint density at radius 2 is 2.11 bits per heavy atom. The van der Waals surface area contributed by atoms with E-state index < -0.39 is 5.43 Å². The van der Waals surface area contributed by atoms with Crippen LogP contribution >= 0.6 is 11.6 Å². The maximum absolute atomic E-state index is 13.7. The number of nitrogens with two attached hydrogens (primary N) is 1. The Labute approximate surface area is 205 Å². The smallest absolute Gasteiger partial charge is 0.201 e. The van der Waals surface area contributed by atoms with Crippen LogP contribution in [0, 0.1) is 18.3 Å². The Balaban J connectivity index is 1.98. The average Bonchev–Trinajstić information content (AvgIpc) is 2.87. The van der Waals surface area contributed by atoms with Gasteiger partial charge >= 0.3 is 0 Å². The molecule has 0 saturated heterocycles. The standard InChI is InChI=1S/C26H20ClN5O3/c1-14-8-18(15(2)31-20-5-6-22(27)32-21(20)11-29)26-19(9-14)24(34)23(17(10-28)13-33)25(35-26)16-4-3-7-30-12-16/h3-10,12-13,15,31H,28H2,1-2H3/b17-10+. The van der Waals surface area contributed by atoms with E-state index in [0.717, 1.165) is 11.8 Å². The van der Waals surface area contributed by atoms with Crippen LogP contribution in [-0.2, 0) is 4.79 Å². The highest BCUT2D eigenvalue weighted by Gasteiger charge is 2.23. The summed E-state index contributed by atoms with van der Waals surface area (Å²) in [6.07, 6.45) is 4.74. The number of nitrogens with one attached hydrogen (secondary N) is 1. The Kier molecular flexibility index (Phi) is 6.62. The summed E-state index contributed by atoms with van der Waals surface area (Å²) in [4.78, 5) is 33.6. The van der Waals surface area contributed by atoms with Gasteiger partial charge in [-0.15, -0.1) is 0 Å². The van der Waals surface area contributed by atoms with Crippen molar-refractivity contribution < 1.29 is 9.21 Å². The van der Waals surface area contributed by atoms with E-state index in [1.54, 1.807) is 42.7 Å². The molecule has 4 aromatic rings. The van der Waals surface area contributed by atoms with Crippen molar-refractivity contribution in [1.29, 1.82) is 5.26 Å². The van der Waals surface area contributed by atoms with Gasteiger partial charge in [0.1, 0.15) is 22.6 Å². The Bertz CT molecular complexity index is 1570. The molecule has 3 aromatic heterocycles. The number of benzene rings is 1. The second kappa shape index (κ2) is 9.79. The van der Waals surface area contributed by atoms with Gasteiger partial charge in [0.05, 0.1) is 22.7 Å². The number of aryl methyl sites for hydroxylation is 1. The predicted molar refractivity (Wildman–Crippen MR) is 135 cm³/mol. The molecule has 1 unspecified atom stereocenters. The molecular formula is C26H20ClN5O3. The summed E-state index contributed by atoms with van der Waals surface area (Å²) < 4.78 is 6.33. The number of aldehydes is 1. The van der Waals surface area contributed by atoms with Crippen molar-refractivity contribution in [3.8, 4) is 17.4 Å². The highest BCUT2D eigenvalue weighted by molar-refractivity contribution is 6.29. The van der Waals surface area contributed by atoms with Crippen LogP contribution in [0.25, 0.3) is 27.9 Å². The van der Waals surface area contributed by atoms with Gasteiger partial charge in [-0.3, -0.25) is 14.6 Å². The minimum atomic E-state index is -0.392. The maximum atomic E-state index is 13.7. The third kappa shape index (κ3) is 4.50. The molecule has 1 aromatic carbocycles. The first-order valence-corrected chi connectivity index (χ1v) is 11.0. The third-order valence-electron chi connectivity index (χ3n) is 5.49. The number of carbonyl (C=O) groups excluding carboxylic acids is 1. The minimum absolute atomic E-state index is 0.0135. The minimum Gasteiger partial charge on any atom is -0.455 e. The molecule has 0 aliphatic rings. The van der Waals surface area contributed by atoms with Crippen molar-refractivity contribution >= 4 is 40.1 Å². The topological polar surface area (TPSA) is 135 Å². The van der Waals surface area contributed by atoms with Crippen molar-refractivity contribution in [3.05, 3.63) is 92.8 Å². The summed E-state index contributed by atoms with van der Waals surface area (Å²) >= 11 is 5.92. The van der Waals surface area contributed by atoms with Crippen molar-refractivity contribution in [2.45, 2.75) is 19.9 Å². The van der Waals surface area contributed by atoms with E-state index in [2.05, 4.69) is 15.3 Å². The predicted octanol–water partition coefficient (Wildman–Crippen LogP) is 4.76. The molecule has 9 heteroatoms. The first kappa shape index (κ1) is 23.7. The Morgan fingerprint density at radius 3 is 2.77 bits per heavy atom. The van der Waals surface area contributed by atoms with Gasteiger partial charge in [0, 0.05) is 35.3 Å². The lowest BCUT2D eigenvalue weighted by atomic mass is 9.96. The molecule has 0 fully saturated rings. The van der Waals surface area contributed by atoms with E-state index in [-0.39, 0.29) is 33.8 Å². The van der Waals surface area contributed by atoms with Crippen molar-refractivity contribution in [1.82, 2.24) is 9.97 Å². The Morgan fingerprint density at radius 1 is 1.31 bits per heavy atom. The van der Waals surface area contributed by atoms with Gasteiger partial charge in [-0.05, 0) is 49.7 Å². The summed E-state index contributed by atoms with van der Waals surface area (Å²) in [6.45, 7) is 3.73. The summed E-state index contributed by atoms with van der Waals surface area (Å²) in [5, 5.41) is 13.2. The maximum Gasteiger partial charge on any atom is 0.201 e. The largest absolute Gasteiger partial charge is 0.455 e. The van der Waals surface area contributed by atoms with Crippen LogP contribution in [0.15, 0.2) is 64.2 Å². The van der Waals surface area contributed by atoms with Gasteiger partial charge in [-0.1, -0.05) is 17.7 Å². The molecule has 3 heterocycles. The highest BCUT2D eigenvalue weighted by atomic mass is 35.5. The van der Waals surface area contributed by atoms with Crippen molar-refractivity contribution in [2.75, 3.05) is 5.32 Å². The number of anilines is 1. The first-order chi connectivity index (χ1) is 16.9. The van der Waals surface area contributed by atoms with Gasteiger partial charge < -0.3 is 15.5 Å². The van der Waals surface area contributed by atoms with E-state index in [1.807, 2.05) is 26.0 Å². The van der Waals surface area contributed by atoms with E-state index in [4.69, 9.17) is 21.8 Å². The number of halogens is 1. The van der Waals surface area contributed by atoms with Crippen molar-refractivity contribution in [2.24, 2.45) is 5.73 Å². The summed E-state index contributed by atoms with van der Waals surface area (Å²) in [5.74, 6) is 0.183. The summed E-state index contributed by atoms with van der Waals surface area (Å²) in [7, 11) is 0. The monoisotopic (exact) mass is 485 g/mol. The van der Waals surface area contributed by atoms with E-state index >= 15 is 0 Å². The van der Waals surface area contributed by atoms with E-state index in [9.17, 15) is 14.9 Å². The second-order valence-electron chi connectivity index (χ2n) is 7.86. The molecule has 1 atom stereocenters. The molecule has 8 nitrogen and oxygen atoms in total. The molecule has 0 aliphatic carbocycles. The zero-order valence-electron chi connectivity index (χ0n) is 18.9. The molecule has 0 amide bonds. The van der Waals surface area contributed by atoms with Crippen LogP contribution < -0.4 is 16.5 Å². The van der Waals surface area contributed by atoms with E-state index in [0.29, 0.717) is 34.1 Å². The molecule has 35 heavy (non-hydrogen) atoms. The number of nitrogens with zero attached hydrogens (tertiary/aromatic N) is 3. The molecule has 0 radical (unpaired) electrons. The molecule has 0 aliphatic heterocycles. The third-order valence-corrected chi connectivity index (χ3v) is 5.70. The molecule has 0 bridgehead atoms. The lowest BCUT2D eigenvalue weighted by Gasteiger charge is -2.19. The van der Waals surface area contributed by atoms with Gasteiger partial charge in [0.25, 0.3) is 0 Å². The van der Waals surface area contributed by atoms with Gasteiger partial charge in [0.2, 0.25) is 5.43 Å². The Hall–Kier alpha value is -4.48. The van der Waals surface area contributed by atoms with Crippen LogP contribution in [0.1, 0.15) is 35.3 Å². The zero-order chi connectivity index (χ0) is 25.1. The fourth-order valence-electron chi connectivity index (χ4n) is 3.89. The van der Waals surface area contributed by atoms with Crippen LogP contribution in [0.3, 0.4) is 0 Å². The average molecular weight is 486 g/mol. The molecular weight excluding hydrogens is 466 g/mol. The quantitative estimate of drug-likeness (QED) is 0.227. The number of carbonyl (C=O) groups is 1. The van der Waals surface area contributed by atoms with Crippen LogP contribution in [0.5, 0.6) is 0 Å². The zero-order valence-corrected chi connectivity index (χ0v) is 19.6. The van der Waals surface area contributed by atoms with Crippen LogP contribution in [0.2, 0.25) is 5.15 Å².